The SMILES string of the molecule is O=C(c1ccncc1)N1C[C@@H]2[C@H](c3ccccc31)[C@H](CO)N2C(=O)c1ccccc1F. The van der Waals surface area contributed by atoms with Gasteiger partial charge in [0.2, 0.25) is 0 Å². The predicted octanol–water partition coefficient (Wildman–Crippen LogP) is 2.85. The second-order valence-electron chi connectivity index (χ2n) is 7.75. The van der Waals surface area contributed by atoms with Gasteiger partial charge in [-0.25, -0.2) is 4.39 Å². The fraction of sp³-hybridized carbons (Fsp3) is 0.208. The van der Waals surface area contributed by atoms with Gasteiger partial charge in [0.25, 0.3) is 11.8 Å². The van der Waals surface area contributed by atoms with Crippen molar-refractivity contribution in [1.82, 2.24) is 9.88 Å². The van der Waals surface area contributed by atoms with Gasteiger partial charge < -0.3 is 14.9 Å². The summed E-state index contributed by atoms with van der Waals surface area (Å²) in [5, 5.41) is 10.1. The standard InChI is InChI=1S/C24H20FN3O3/c25-18-7-3-1-5-16(18)24(31)28-20-13-27(23(30)15-9-11-26-12-10-15)19-8-4-2-6-17(19)22(20)21(28)14-29/h1-12,20-22,29H,13-14H2/t20-,21+,22+/m1/s1. The number of halogens is 1. The number of rotatable bonds is 3. The van der Waals surface area contributed by atoms with Crippen LogP contribution in [0.25, 0.3) is 0 Å². The van der Waals surface area contributed by atoms with Gasteiger partial charge in [0, 0.05) is 36.1 Å². The molecule has 2 aliphatic rings. The first kappa shape index (κ1) is 19.4. The van der Waals surface area contributed by atoms with Gasteiger partial charge >= 0.3 is 0 Å². The Kier molecular flexibility index (Phi) is 4.75. The molecule has 6 nitrogen and oxygen atoms in total. The van der Waals surface area contributed by atoms with Gasteiger partial charge in [-0.05, 0) is 35.9 Å². The van der Waals surface area contributed by atoms with Crippen LogP contribution in [-0.4, -0.2) is 52.0 Å². The zero-order valence-electron chi connectivity index (χ0n) is 16.6. The number of benzene rings is 2. The third-order valence-electron chi connectivity index (χ3n) is 6.20. The zero-order chi connectivity index (χ0) is 21.5. The normalized spacial score (nSPS) is 21.7. The number of carbonyl (C=O) groups is 2. The number of fused-ring (bicyclic) bond motifs is 3. The molecule has 0 unspecified atom stereocenters. The third kappa shape index (κ3) is 3.00. The largest absolute Gasteiger partial charge is 0.394 e. The molecule has 31 heavy (non-hydrogen) atoms. The lowest BCUT2D eigenvalue weighted by Gasteiger charge is -2.58. The van der Waals surface area contributed by atoms with Crippen molar-refractivity contribution in [1.29, 1.82) is 0 Å². The van der Waals surface area contributed by atoms with Crippen LogP contribution in [-0.2, 0) is 0 Å². The molecule has 0 spiro atoms. The van der Waals surface area contributed by atoms with Crippen LogP contribution in [0.5, 0.6) is 0 Å². The minimum atomic E-state index is -0.603. The van der Waals surface area contributed by atoms with Crippen molar-refractivity contribution in [3.8, 4) is 0 Å². The molecule has 1 N–H and O–H groups in total. The number of carbonyl (C=O) groups excluding carboxylic acids is 2. The maximum Gasteiger partial charge on any atom is 0.258 e. The van der Waals surface area contributed by atoms with Crippen molar-refractivity contribution in [2.24, 2.45) is 0 Å². The summed E-state index contributed by atoms with van der Waals surface area (Å²) in [7, 11) is 0. The Balaban J connectivity index is 1.54. The summed E-state index contributed by atoms with van der Waals surface area (Å²) in [6.45, 7) is 0.0214. The van der Waals surface area contributed by atoms with Gasteiger partial charge in [-0.2, -0.15) is 0 Å². The van der Waals surface area contributed by atoms with Crippen molar-refractivity contribution in [3.63, 3.8) is 0 Å². The zero-order valence-corrected chi connectivity index (χ0v) is 16.6. The lowest BCUT2D eigenvalue weighted by Crippen LogP contribution is -2.70. The predicted molar refractivity (Wildman–Crippen MR) is 112 cm³/mol. The summed E-state index contributed by atoms with van der Waals surface area (Å²) in [4.78, 5) is 33.6. The summed E-state index contributed by atoms with van der Waals surface area (Å²) < 4.78 is 14.3. The van der Waals surface area contributed by atoms with E-state index in [4.69, 9.17) is 0 Å². The van der Waals surface area contributed by atoms with E-state index in [0.717, 1.165) is 11.3 Å². The molecule has 2 aromatic carbocycles. The third-order valence-corrected chi connectivity index (χ3v) is 6.20. The smallest absolute Gasteiger partial charge is 0.258 e. The molecule has 1 fully saturated rings. The molecule has 3 heterocycles. The van der Waals surface area contributed by atoms with Gasteiger partial charge in [0.1, 0.15) is 5.82 Å². The van der Waals surface area contributed by atoms with Crippen molar-refractivity contribution in [2.45, 2.75) is 18.0 Å². The fourth-order valence-corrected chi connectivity index (χ4v) is 4.78. The van der Waals surface area contributed by atoms with Crippen molar-refractivity contribution in [3.05, 3.63) is 95.6 Å². The molecular weight excluding hydrogens is 397 g/mol. The molecule has 2 aliphatic heterocycles. The van der Waals surface area contributed by atoms with E-state index in [1.165, 1.54) is 23.1 Å². The summed E-state index contributed by atoms with van der Waals surface area (Å²) in [5.41, 5.74) is 2.12. The maximum atomic E-state index is 14.3. The number of likely N-dealkylation sites (tertiary alicyclic amines) is 1. The van der Waals surface area contributed by atoms with E-state index in [0.29, 0.717) is 5.56 Å². The second kappa shape index (κ2) is 7.59. The summed E-state index contributed by atoms with van der Waals surface area (Å²) >= 11 is 0. The van der Waals surface area contributed by atoms with Crippen LogP contribution >= 0.6 is 0 Å². The topological polar surface area (TPSA) is 73.7 Å². The Bertz CT molecular complexity index is 1150. The molecule has 0 aliphatic carbocycles. The lowest BCUT2D eigenvalue weighted by atomic mass is 9.71. The number of para-hydroxylation sites is 1. The number of pyridine rings is 1. The Morgan fingerprint density at radius 2 is 1.71 bits per heavy atom. The van der Waals surface area contributed by atoms with E-state index in [2.05, 4.69) is 4.98 Å². The first-order valence-corrected chi connectivity index (χ1v) is 10.1. The van der Waals surface area contributed by atoms with Crippen LogP contribution in [0.15, 0.2) is 73.1 Å². The van der Waals surface area contributed by atoms with Crippen molar-refractivity contribution in [2.75, 3.05) is 18.1 Å². The number of hydrogen-bond acceptors (Lipinski definition) is 4. The lowest BCUT2D eigenvalue weighted by molar-refractivity contribution is -0.0249. The van der Waals surface area contributed by atoms with Crippen LogP contribution in [0.1, 0.15) is 32.2 Å². The highest BCUT2D eigenvalue weighted by atomic mass is 19.1. The van der Waals surface area contributed by atoms with Crippen LogP contribution in [0.2, 0.25) is 0 Å². The number of aliphatic hydroxyl groups is 1. The number of aliphatic hydroxyl groups excluding tert-OH is 1. The van der Waals surface area contributed by atoms with Crippen LogP contribution in [0.4, 0.5) is 10.1 Å². The van der Waals surface area contributed by atoms with Crippen LogP contribution < -0.4 is 4.90 Å². The van der Waals surface area contributed by atoms with E-state index in [9.17, 15) is 19.1 Å². The first-order valence-electron chi connectivity index (χ1n) is 10.1. The second-order valence-corrected chi connectivity index (χ2v) is 7.75. The maximum absolute atomic E-state index is 14.3. The molecule has 5 rings (SSSR count). The highest BCUT2D eigenvalue weighted by Crippen LogP contribution is 2.49. The molecule has 0 bridgehead atoms. The minimum absolute atomic E-state index is 0.0368. The number of hydrogen-bond donors (Lipinski definition) is 1. The van der Waals surface area contributed by atoms with Gasteiger partial charge in [0.15, 0.2) is 0 Å². The van der Waals surface area contributed by atoms with Gasteiger partial charge in [-0.3, -0.25) is 14.6 Å². The first-order chi connectivity index (χ1) is 15.1. The van der Waals surface area contributed by atoms with Crippen LogP contribution in [0.3, 0.4) is 0 Å². The highest BCUT2D eigenvalue weighted by molar-refractivity contribution is 6.07. The monoisotopic (exact) mass is 417 g/mol. The summed E-state index contributed by atoms with van der Waals surface area (Å²) in [5.74, 6) is -1.40. The van der Waals surface area contributed by atoms with Crippen LogP contribution in [0, 0.1) is 5.82 Å². The average molecular weight is 417 g/mol. The van der Waals surface area contributed by atoms with E-state index >= 15 is 0 Å². The quantitative estimate of drug-likeness (QED) is 0.711. The van der Waals surface area contributed by atoms with Crippen molar-refractivity contribution < 1.29 is 19.1 Å². The molecule has 3 atom stereocenters. The summed E-state index contributed by atoms with van der Waals surface area (Å²) in [6.07, 6.45) is 3.12. The molecule has 2 amide bonds. The average Bonchev–Trinajstić information content (AvgIpc) is 2.79. The van der Waals surface area contributed by atoms with E-state index < -0.39 is 17.8 Å². The molecule has 1 aromatic heterocycles. The highest BCUT2D eigenvalue weighted by Gasteiger charge is 2.55. The Hall–Kier alpha value is -3.58. The van der Waals surface area contributed by atoms with Gasteiger partial charge in [-0.15, -0.1) is 0 Å². The number of anilines is 1. The molecule has 156 valence electrons. The summed E-state index contributed by atoms with van der Waals surface area (Å²) in [6, 6.07) is 15.8. The fourth-order valence-electron chi connectivity index (χ4n) is 4.78. The number of amides is 2. The molecule has 3 aromatic rings. The van der Waals surface area contributed by atoms with E-state index in [1.54, 1.807) is 35.5 Å². The molecule has 1 saturated heterocycles. The van der Waals surface area contributed by atoms with E-state index in [1.807, 2.05) is 24.3 Å². The molecule has 0 radical (unpaired) electrons. The Morgan fingerprint density at radius 3 is 2.45 bits per heavy atom. The van der Waals surface area contributed by atoms with Crippen molar-refractivity contribution >= 4 is 17.5 Å². The molecule has 7 heteroatoms. The Labute approximate surface area is 178 Å². The molecule has 0 saturated carbocycles. The minimum Gasteiger partial charge on any atom is -0.394 e. The van der Waals surface area contributed by atoms with Gasteiger partial charge in [-0.1, -0.05) is 30.3 Å². The number of aromatic nitrogens is 1. The van der Waals surface area contributed by atoms with E-state index in [-0.39, 0.29) is 36.6 Å². The Morgan fingerprint density at radius 1 is 1.00 bits per heavy atom. The molecular formula is C24H20FN3O3. The van der Waals surface area contributed by atoms with Gasteiger partial charge in [0.05, 0.1) is 24.3 Å². The number of nitrogens with zero attached hydrogens (tertiary/aromatic N) is 3.